The van der Waals surface area contributed by atoms with Gasteiger partial charge in [-0.3, -0.25) is 4.79 Å². The highest BCUT2D eigenvalue weighted by atomic mass is 16.5. The lowest BCUT2D eigenvalue weighted by Crippen LogP contribution is -2.44. The maximum Gasteiger partial charge on any atom is 0.222 e. The Labute approximate surface area is 218 Å². The standard InChI is InChI=1S/C27H38N8O2/c1-32-11-13-35(14-12-32)22-8-7-21-16-23(22)37-15-4-6-24(36)34(3)10-5-9-33(2)18-20-17-28-26-25(20)27(31-21)30-19-29-26/h7-8,16-17,19H,4-6,9-15,18H2,1-3H3,(H2,28,29,30,31). The molecule has 5 rings (SSSR count). The number of aromatic amines is 1. The van der Waals surface area contributed by atoms with E-state index < -0.39 is 0 Å². The molecule has 2 N–H and O–H groups in total. The summed E-state index contributed by atoms with van der Waals surface area (Å²) in [7, 11) is 6.16. The first-order valence-electron chi connectivity index (χ1n) is 13.2. The third kappa shape index (κ3) is 5.97. The van der Waals surface area contributed by atoms with Crippen LogP contribution < -0.4 is 15.0 Å². The van der Waals surface area contributed by atoms with Crippen LogP contribution in [-0.4, -0.2) is 103 Å². The molecule has 1 fully saturated rings. The van der Waals surface area contributed by atoms with Gasteiger partial charge in [0.15, 0.2) is 0 Å². The quantitative estimate of drug-likeness (QED) is 0.521. The van der Waals surface area contributed by atoms with Crippen molar-refractivity contribution in [1.29, 1.82) is 0 Å². The Balaban J connectivity index is 1.47. The van der Waals surface area contributed by atoms with Crippen LogP contribution in [0.3, 0.4) is 0 Å². The first kappa shape index (κ1) is 25.3. The zero-order valence-corrected chi connectivity index (χ0v) is 22.2. The Hall–Kier alpha value is -3.37. The molecule has 3 aromatic rings. The number of ether oxygens (including phenoxy) is 1. The Morgan fingerprint density at radius 2 is 1.78 bits per heavy atom. The molecule has 10 nitrogen and oxygen atoms in total. The summed E-state index contributed by atoms with van der Waals surface area (Å²) in [5.41, 5.74) is 3.95. The molecule has 0 spiro atoms. The second kappa shape index (κ2) is 11.4. The molecule has 10 heteroatoms. The first-order chi connectivity index (χ1) is 18.0. The summed E-state index contributed by atoms with van der Waals surface area (Å²) in [6.45, 7) is 6.83. The van der Waals surface area contributed by atoms with Crippen LogP contribution in [0.4, 0.5) is 17.2 Å². The van der Waals surface area contributed by atoms with E-state index in [4.69, 9.17) is 4.74 Å². The van der Waals surface area contributed by atoms with Crippen LogP contribution >= 0.6 is 0 Å². The molecular formula is C27H38N8O2. The van der Waals surface area contributed by atoms with Gasteiger partial charge in [0.1, 0.15) is 23.5 Å². The zero-order chi connectivity index (χ0) is 25.8. The molecular weight excluding hydrogens is 468 g/mol. The molecule has 2 aromatic heterocycles. The molecule has 1 saturated heterocycles. The van der Waals surface area contributed by atoms with Crippen molar-refractivity contribution in [1.82, 2.24) is 29.7 Å². The van der Waals surface area contributed by atoms with Crippen molar-refractivity contribution in [2.24, 2.45) is 0 Å². The van der Waals surface area contributed by atoms with Crippen LogP contribution in [-0.2, 0) is 11.3 Å². The van der Waals surface area contributed by atoms with Gasteiger partial charge in [-0.05, 0) is 51.2 Å². The molecule has 37 heavy (non-hydrogen) atoms. The average molecular weight is 507 g/mol. The van der Waals surface area contributed by atoms with Gasteiger partial charge in [0.2, 0.25) is 5.91 Å². The minimum Gasteiger partial charge on any atom is -0.491 e. The van der Waals surface area contributed by atoms with Crippen LogP contribution in [0.25, 0.3) is 11.0 Å². The number of carbonyl (C=O) groups is 1. The van der Waals surface area contributed by atoms with Crippen LogP contribution in [0.1, 0.15) is 24.8 Å². The number of rotatable bonds is 1. The van der Waals surface area contributed by atoms with Crippen molar-refractivity contribution in [2.75, 3.05) is 77.2 Å². The van der Waals surface area contributed by atoms with Gasteiger partial charge in [-0.25, -0.2) is 9.97 Å². The number of hydrogen-bond acceptors (Lipinski definition) is 8. The molecule has 0 saturated carbocycles. The number of amides is 1. The highest BCUT2D eigenvalue weighted by Crippen LogP contribution is 2.35. The number of hydrogen-bond donors (Lipinski definition) is 2. The number of likely N-dealkylation sites (N-methyl/N-ethyl adjacent to an activating group) is 1. The van der Waals surface area contributed by atoms with Crippen LogP contribution in [0.15, 0.2) is 30.7 Å². The highest BCUT2D eigenvalue weighted by Gasteiger charge is 2.20. The normalized spacial score (nSPS) is 19.3. The molecule has 198 valence electrons. The maximum absolute atomic E-state index is 12.7. The summed E-state index contributed by atoms with van der Waals surface area (Å²) in [6, 6.07) is 6.27. The molecule has 2 aliphatic heterocycles. The predicted octanol–water partition coefficient (Wildman–Crippen LogP) is 2.91. The molecule has 0 atom stereocenters. The molecule has 2 bridgehead atoms. The molecule has 1 amide bonds. The van der Waals surface area contributed by atoms with Gasteiger partial charge < -0.3 is 34.6 Å². The van der Waals surface area contributed by atoms with Gasteiger partial charge in [0.25, 0.3) is 0 Å². The van der Waals surface area contributed by atoms with Crippen molar-refractivity contribution in [3.63, 3.8) is 0 Å². The number of benzene rings is 1. The summed E-state index contributed by atoms with van der Waals surface area (Å²) < 4.78 is 6.32. The zero-order valence-electron chi connectivity index (χ0n) is 22.2. The third-order valence-electron chi connectivity index (χ3n) is 7.31. The number of nitrogens with one attached hydrogen (secondary N) is 2. The van der Waals surface area contributed by atoms with Gasteiger partial charge in [0.05, 0.1) is 17.7 Å². The smallest absolute Gasteiger partial charge is 0.222 e. The van der Waals surface area contributed by atoms with Gasteiger partial charge >= 0.3 is 0 Å². The Morgan fingerprint density at radius 1 is 0.946 bits per heavy atom. The number of nitrogens with zero attached hydrogens (tertiary/aromatic N) is 6. The SMILES string of the molecule is CN1CCN(c2ccc3cc2OCCCC(=O)N(C)CCCN(C)Cc2c[nH]c4ncnc(c24)N3)CC1. The van der Waals surface area contributed by atoms with E-state index >= 15 is 0 Å². The maximum atomic E-state index is 12.7. The van der Waals surface area contributed by atoms with E-state index in [2.05, 4.69) is 67.3 Å². The number of aromatic nitrogens is 3. The second-order valence-corrected chi connectivity index (χ2v) is 10.2. The van der Waals surface area contributed by atoms with Gasteiger partial charge in [-0.1, -0.05) is 0 Å². The van der Waals surface area contributed by atoms with Crippen molar-refractivity contribution in [3.05, 3.63) is 36.3 Å². The van der Waals surface area contributed by atoms with E-state index in [9.17, 15) is 4.79 Å². The number of anilines is 3. The lowest BCUT2D eigenvalue weighted by Gasteiger charge is -2.35. The summed E-state index contributed by atoms with van der Waals surface area (Å²) in [6.07, 6.45) is 5.68. The molecule has 0 aliphatic carbocycles. The largest absolute Gasteiger partial charge is 0.491 e. The van der Waals surface area contributed by atoms with Gasteiger partial charge in [-0.2, -0.15) is 0 Å². The van der Waals surface area contributed by atoms with E-state index in [0.29, 0.717) is 19.4 Å². The number of carbonyl (C=O) groups excluding carboxylic acids is 1. The highest BCUT2D eigenvalue weighted by molar-refractivity contribution is 5.92. The van der Waals surface area contributed by atoms with Crippen molar-refractivity contribution in [3.8, 4) is 5.75 Å². The van der Waals surface area contributed by atoms with Crippen molar-refractivity contribution in [2.45, 2.75) is 25.8 Å². The Kier molecular flexibility index (Phi) is 7.76. The Morgan fingerprint density at radius 3 is 2.62 bits per heavy atom. The fourth-order valence-electron chi connectivity index (χ4n) is 5.07. The first-order valence-corrected chi connectivity index (χ1v) is 13.2. The van der Waals surface area contributed by atoms with Gasteiger partial charge in [-0.15, -0.1) is 0 Å². The van der Waals surface area contributed by atoms with Crippen molar-refractivity contribution < 1.29 is 9.53 Å². The lowest BCUT2D eigenvalue weighted by atomic mass is 10.2. The van der Waals surface area contributed by atoms with Crippen LogP contribution in [0.2, 0.25) is 0 Å². The van der Waals surface area contributed by atoms with E-state index in [1.165, 1.54) is 0 Å². The fraction of sp³-hybridized carbons (Fsp3) is 0.519. The molecule has 1 aromatic carbocycles. The minimum absolute atomic E-state index is 0.167. The second-order valence-electron chi connectivity index (χ2n) is 10.2. The van der Waals surface area contributed by atoms with E-state index in [-0.39, 0.29) is 5.91 Å². The fourth-order valence-corrected chi connectivity index (χ4v) is 5.07. The lowest BCUT2D eigenvalue weighted by molar-refractivity contribution is -0.130. The molecule has 0 unspecified atom stereocenters. The number of fused-ring (bicyclic) bond motifs is 2. The third-order valence-corrected chi connectivity index (χ3v) is 7.31. The predicted molar refractivity (Wildman–Crippen MR) is 147 cm³/mol. The summed E-state index contributed by atoms with van der Waals surface area (Å²) in [4.78, 5) is 33.8. The molecule has 4 heterocycles. The number of piperazine rings is 1. The molecule has 0 radical (unpaired) electrons. The molecule has 2 aliphatic rings. The topological polar surface area (TPSA) is 92.9 Å². The Bertz CT molecular complexity index is 1220. The van der Waals surface area contributed by atoms with Crippen LogP contribution in [0, 0.1) is 0 Å². The van der Waals surface area contributed by atoms with Crippen LogP contribution in [0.5, 0.6) is 5.75 Å². The van der Waals surface area contributed by atoms with E-state index in [1.54, 1.807) is 6.33 Å². The summed E-state index contributed by atoms with van der Waals surface area (Å²) in [5.74, 6) is 1.77. The van der Waals surface area contributed by atoms with E-state index in [0.717, 1.165) is 91.8 Å². The van der Waals surface area contributed by atoms with E-state index in [1.807, 2.05) is 18.1 Å². The number of H-pyrrole nitrogens is 1. The monoisotopic (exact) mass is 506 g/mol. The average Bonchev–Trinajstić information content (AvgIpc) is 3.30. The summed E-state index contributed by atoms with van der Waals surface area (Å²) >= 11 is 0. The van der Waals surface area contributed by atoms with Gasteiger partial charge in [0, 0.05) is 70.7 Å². The van der Waals surface area contributed by atoms with Crippen molar-refractivity contribution >= 4 is 34.1 Å². The summed E-state index contributed by atoms with van der Waals surface area (Å²) in [5, 5.41) is 4.52. The minimum atomic E-state index is 0.167.